The highest BCUT2D eigenvalue weighted by Crippen LogP contribution is 2.40. The van der Waals surface area contributed by atoms with E-state index in [4.69, 9.17) is 21.4 Å². The lowest BCUT2D eigenvalue weighted by atomic mass is 10.0. The fourth-order valence-electron chi connectivity index (χ4n) is 4.15. The lowest BCUT2D eigenvalue weighted by molar-refractivity contribution is 0.101. The zero-order valence-corrected chi connectivity index (χ0v) is 17.7. The van der Waals surface area contributed by atoms with Gasteiger partial charge < -0.3 is 24.8 Å². The summed E-state index contributed by atoms with van der Waals surface area (Å²) in [4.78, 5) is 30.7. The van der Waals surface area contributed by atoms with Crippen molar-refractivity contribution < 1.29 is 24.5 Å². The van der Waals surface area contributed by atoms with Crippen molar-refractivity contribution in [3.63, 3.8) is 0 Å². The van der Waals surface area contributed by atoms with E-state index in [9.17, 15) is 14.7 Å². The first-order valence-electron chi connectivity index (χ1n) is 10.2. The van der Waals surface area contributed by atoms with Crippen molar-refractivity contribution >= 4 is 40.5 Å². The summed E-state index contributed by atoms with van der Waals surface area (Å²) in [5, 5.41) is 21.1. The Morgan fingerprint density at radius 2 is 1.97 bits per heavy atom. The molecule has 0 atom stereocenters. The molecule has 5 rings (SSSR count). The van der Waals surface area contributed by atoms with Crippen LogP contribution in [0, 0.1) is 0 Å². The van der Waals surface area contributed by atoms with Crippen LogP contribution in [-0.4, -0.2) is 63.1 Å². The number of aromatic amines is 1. The number of fused-ring (bicyclic) bond motifs is 2. The standard InChI is InChI=1S/C23H20ClN3O5/c24-14-1-3-18-16(10-14)13(11-25-18)9-20-21(29)15-2-4-19(28)17(22(15)32-20)12-26-5-7-27(8-6-26)23(30)31/h1-4,9-11,25,28H,5-8,12H2,(H,30,31)/b20-9-. The minimum atomic E-state index is -0.935. The van der Waals surface area contributed by atoms with E-state index in [1.165, 1.54) is 11.0 Å². The molecule has 0 unspecified atom stereocenters. The first kappa shape index (κ1) is 20.4. The summed E-state index contributed by atoms with van der Waals surface area (Å²) in [5.41, 5.74) is 2.58. The molecule has 0 bridgehead atoms. The Labute approximate surface area is 188 Å². The summed E-state index contributed by atoms with van der Waals surface area (Å²) in [7, 11) is 0. The Bertz CT molecular complexity index is 1270. The molecule has 0 aliphatic carbocycles. The van der Waals surface area contributed by atoms with Gasteiger partial charge in [-0.3, -0.25) is 9.69 Å². The second kappa shape index (κ2) is 7.89. The Morgan fingerprint density at radius 1 is 1.19 bits per heavy atom. The van der Waals surface area contributed by atoms with Gasteiger partial charge in [-0.25, -0.2) is 4.79 Å². The van der Waals surface area contributed by atoms with E-state index in [1.807, 2.05) is 17.0 Å². The van der Waals surface area contributed by atoms with Crippen molar-refractivity contribution in [2.45, 2.75) is 6.54 Å². The van der Waals surface area contributed by atoms with E-state index in [1.54, 1.807) is 24.4 Å². The zero-order chi connectivity index (χ0) is 22.4. The first-order chi connectivity index (χ1) is 15.4. The van der Waals surface area contributed by atoms with Gasteiger partial charge in [0.05, 0.1) is 11.1 Å². The SMILES string of the molecule is O=C1/C(=C/c2c[nH]c3ccc(Cl)cc23)Oc2c1ccc(O)c2CN1CCN(C(=O)O)CC1. The average molecular weight is 454 g/mol. The monoisotopic (exact) mass is 453 g/mol. The van der Waals surface area contributed by atoms with Gasteiger partial charge in [-0.15, -0.1) is 0 Å². The minimum absolute atomic E-state index is 0.0392. The van der Waals surface area contributed by atoms with Crippen LogP contribution in [0.25, 0.3) is 17.0 Å². The number of aromatic hydroxyl groups is 1. The minimum Gasteiger partial charge on any atom is -0.507 e. The summed E-state index contributed by atoms with van der Waals surface area (Å²) >= 11 is 6.12. The number of phenols is 1. The molecule has 3 aromatic rings. The fourth-order valence-corrected chi connectivity index (χ4v) is 4.32. The summed E-state index contributed by atoms with van der Waals surface area (Å²) in [5.74, 6) is 0.300. The molecule has 8 nitrogen and oxygen atoms in total. The van der Waals surface area contributed by atoms with Crippen LogP contribution in [0.15, 0.2) is 42.3 Å². The topological polar surface area (TPSA) is 106 Å². The quantitative estimate of drug-likeness (QED) is 0.519. The van der Waals surface area contributed by atoms with Crippen LogP contribution in [0.4, 0.5) is 4.79 Å². The van der Waals surface area contributed by atoms with Gasteiger partial charge >= 0.3 is 6.09 Å². The smallest absolute Gasteiger partial charge is 0.407 e. The molecule has 1 saturated heterocycles. The summed E-state index contributed by atoms with van der Waals surface area (Å²) < 4.78 is 5.96. The molecule has 164 valence electrons. The van der Waals surface area contributed by atoms with Crippen LogP contribution in [0.1, 0.15) is 21.5 Å². The largest absolute Gasteiger partial charge is 0.507 e. The predicted molar refractivity (Wildman–Crippen MR) is 119 cm³/mol. The van der Waals surface area contributed by atoms with Crippen LogP contribution in [0.5, 0.6) is 11.5 Å². The number of nitrogens with one attached hydrogen (secondary N) is 1. The zero-order valence-electron chi connectivity index (χ0n) is 17.0. The lowest BCUT2D eigenvalue weighted by Gasteiger charge is -2.33. The summed E-state index contributed by atoms with van der Waals surface area (Å²) in [6, 6.07) is 8.53. The van der Waals surface area contributed by atoms with Gasteiger partial charge in [-0.2, -0.15) is 0 Å². The number of halogens is 1. The molecule has 3 N–H and O–H groups in total. The third-order valence-corrected chi connectivity index (χ3v) is 6.14. The fraction of sp³-hybridized carbons (Fsp3) is 0.217. The van der Waals surface area contributed by atoms with Crippen molar-refractivity contribution in [2.75, 3.05) is 26.2 Å². The van der Waals surface area contributed by atoms with E-state index in [2.05, 4.69) is 4.98 Å². The molecule has 2 aromatic carbocycles. The van der Waals surface area contributed by atoms with E-state index >= 15 is 0 Å². The number of rotatable bonds is 3. The van der Waals surface area contributed by atoms with Gasteiger partial charge in [0.2, 0.25) is 5.78 Å². The number of hydrogen-bond donors (Lipinski definition) is 3. The molecular formula is C23H20ClN3O5. The van der Waals surface area contributed by atoms with Crippen LogP contribution in [0.3, 0.4) is 0 Å². The third-order valence-electron chi connectivity index (χ3n) is 5.90. The van der Waals surface area contributed by atoms with E-state index in [0.717, 1.165) is 16.5 Å². The Morgan fingerprint density at radius 3 is 2.72 bits per heavy atom. The second-order valence-corrected chi connectivity index (χ2v) is 8.30. The predicted octanol–water partition coefficient (Wildman–Crippen LogP) is 3.94. The maximum atomic E-state index is 13.0. The van der Waals surface area contributed by atoms with Crippen LogP contribution in [0.2, 0.25) is 5.02 Å². The third kappa shape index (κ3) is 3.57. The number of carbonyl (C=O) groups is 2. The maximum absolute atomic E-state index is 13.0. The number of hydrogen-bond acceptors (Lipinski definition) is 5. The number of phenolic OH excluding ortho intramolecular Hbond substituents is 1. The summed E-state index contributed by atoms with van der Waals surface area (Å²) in [6.07, 6.45) is 2.52. The molecule has 32 heavy (non-hydrogen) atoms. The number of amides is 1. The Kier molecular flexibility index (Phi) is 5.03. The Balaban J connectivity index is 1.43. The molecular weight excluding hydrogens is 434 g/mol. The molecule has 2 aliphatic heterocycles. The number of ether oxygens (including phenoxy) is 1. The number of allylic oxidation sites excluding steroid dienone is 1. The molecule has 2 aliphatic rings. The molecule has 1 aromatic heterocycles. The molecule has 9 heteroatoms. The number of carbonyl (C=O) groups excluding carboxylic acids is 1. The number of aromatic nitrogens is 1. The van der Waals surface area contributed by atoms with E-state index in [-0.39, 0.29) is 17.3 Å². The van der Waals surface area contributed by atoms with Crippen molar-refractivity contribution in [1.29, 1.82) is 0 Å². The normalized spacial score (nSPS) is 17.7. The number of nitrogens with zero attached hydrogens (tertiary/aromatic N) is 2. The number of H-pyrrole nitrogens is 1. The highest BCUT2D eigenvalue weighted by atomic mass is 35.5. The van der Waals surface area contributed by atoms with Gasteiger partial charge in [0.25, 0.3) is 0 Å². The lowest BCUT2D eigenvalue weighted by Crippen LogP contribution is -2.47. The molecule has 0 saturated carbocycles. The van der Waals surface area contributed by atoms with Crippen LogP contribution in [-0.2, 0) is 6.54 Å². The van der Waals surface area contributed by atoms with Gasteiger partial charge in [0, 0.05) is 60.4 Å². The van der Waals surface area contributed by atoms with Crippen molar-refractivity contribution in [3.05, 3.63) is 64.0 Å². The average Bonchev–Trinajstić information content (AvgIpc) is 3.31. The van der Waals surface area contributed by atoms with Gasteiger partial charge in [-0.05, 0) is 36.4 Å². The second-order valence-electron chi connectivity index (χ2n) is 7.86. The maximum Gasteiger partial charge on any atom is 0.407 e. The van der Waals surface area contributed by atoms with Gasteiger partial charge in [0.15, 0.2) is 5.76 Å². The molecule has 0 spiro atoms. The highest BCUT2D eigenvalue weighted by molar-refractivity contribution is 6.31. The number of carboxylic acid groups (broad SMARTS) is 1. The molecule has 1 amide bonds. The first-order valence-corrected chi connectivity index (χ1v) is 10.5. The molecule has 3 heterocycles. The van der Waals surface area contributed by atoms with Gasteiger partial charge in [0.1, 0.15) is 11.5 Å². The van der Waals surface area contributed by atoms with Gasteiger partial charge in [-0.1, -0.05) is 11.6 Å². The number of benzene rings is 2. The number of ketones is 1. The number of Topliss-reactive ketones (excluding diaryl/α,β-unsaturated/α-hetero) is 1. The van der Waals surface area contributed by atoms with E-state index < -0.39 is 6.09 Å². The molecule has 0 radical (unpaired) electrons. The van der Waals surface area contributed by atoms with Crippen molar-refractivity contribution in [3.8, 4) is 11.5 Å². The highest BCUT2D eigenvalue weighted by Gasteiger charge is 2.32. The summed E-state index contributed by atoms with van der Waals surface area (Å²) in [6.45, 7) is 2.19. The number of piperazine rings is 1. The van der Waals surface area contributed by atoms with Crippen molar-refractivity contribution in [2.24, 2.45) is 0 Å². The van der Waals surface area contributed by atoms with E-state index in [0.29, 0.717) is 54.6 Å². The van der Waals surface area contributed by atoms with Crippen LogP contribution < -0.4 is 4.74 Å². The molecule has 1 fully saturated rings. The van der Waals surface area contributed by atoms with Crippen LogP contribution >= 0.6 is 11.6 Å². The Hall–Kier alpha value is -3.49. The van der Waals surface area contributed by atoms with Crippen molar-refractivity contribution in [1.82, 2.24) is 14.8 Å².